The third-order valence-corrected chi connectivity index (χ3v) is 7.10. The molecule has 1 heterocycles. The maximum absolute atomic E-state index is 2.60. The van der Waals surface area contributed by atoms with Gasteiger partial charge in [-0.25, -0.2) is 9.13 Å². The molecular weight excluding hydrogens is 388 g/mol. The lowest BCUT2D eigenvalue weighted by Gasteiger charge is -2.07. The van der Waals surface area contributed by atoms with Crippen molar-refractivity contribution < 1.29 is 4.57 Å². The molecule has 0 aliphatic heterocycles. The molecule has 0 aliphatic carbocycles. The van der Waals surface area contributed by atoms with Gasteiger partial charge in [0.1, 0.15) is 12.4 Å². The smallest absolute Gasteiger partial charge is 0.234 e. The van der Waals surface area contributed by atoms with E-state index in [9.17, 15) is 0 Å². The summed E-state index contributed by atoms with van der Waals surface area (Å²) in [6.07, 6.45) is 35.5. The highest BCUT2D eigenvalue weighted by atomic mass is 15.1. The zero-order valence-corrected chi connectivity index (χ0v) is 22.5. The molecule has 1 aromatic heterocycles. The summed E-state index contributed by atoms with van der Waals surface area (Å²) in [7, 11) is 0. The van der Waals surface area contributed by atoms with E-state index in [4.69, 9.17) is 0 Å². The third kappa shape index (κ3) is 15.1. The zero-order valence-electron chi connectivity index (χ0n) is 22.5. The second-order valence-corrected chi connectivity index (χ2v) is 10.2. The first kappa shape index (κ1) is 29.2. The van der Waals surface area contributed by atoms with Gasteiger partial charge in [0.25, 0.3) is 5.82 Å². The number of hydrogen-bond donors (Lipinski definition) is 0. The molecule has 0 aromatic carbocycles. The summed E-state index contributed by atoms with van der Waals surface area (Å²) in [5, 5.41) is 0. The number of aryl methyl sites for hydroxylation is 2. The normalized spacial score (nSPS) is 11.5. The number of unbranched alkanes of at least 4 members (excludes halogenated alkanes) is 18. The molecule has 2 nitrogen and oxygen atoms in total. The summed E-state index contributed by atoms with van der Waals surface area (Å²) in [6, 6.07) is 0. The van der Waals surface area contributed by atoms with E-state index in [2.05, 4.69) is 42.3 Å². The van der Waals surface area contributed by atoms with Gasteiger partial charge in [-0.15, -0.1) is 0 Å². The maximum atomic E-state index is 2.60. The van der Waals surface area contributed by atoms with Crippen LogP contribution in [-0.2, 0) is 19.5 Å². The average Bonchev–Trinajstić information content (AvgIpc) is 3.18. The van der Waals surface area contributed by atoms with Crippen LogP contribution in [0.3, 0.4) is 0 Å². The van der Waals surface area contributed by atoms with Crippen LogP contribution in [0.5, 0.6) is 0 Å². The third-order valence-electron chi connectivity index (χ3n) is 7.10. The summed E-state index contributed by atoms with van der Waals surface area (Å²) in [5.41, 5.74) is 0. The van der Waals surface area contributed by atoms with E-state index in [0.29, 0.717) is 0 Å². The minimum absolute atomic E-state index is 1.22. The molecule has 0 saturated carbocycles. The van der Waals surface area contributed by atoms with Gasteiger partial charge < -0.3 is 0 Å². The monoisotopic (exact) mass is 447 g/mol. The predicted octanol–water partition coefficient (Wildman–Crippen LogP) is 9.57. The fourth-order valence-corrected chi connectivity index (χ4v) is 4.91. The van der Waals surface area contributed by atoms with Gasteiger partial charge in [-0.05, 0) is 32.1 Å². The summed E-state index contributed by atoms with van der Waals surface area (Å²) >= 11 is 0. The fourth-order valence-electron chi connectivity index (χ4n) is 4.91. The van der Waals surface area contributed by atoms with Gasteiger partial charge in [0.2, 0.25) is 0 Å². The average molecular weight is 448 g/mol. The van der Waals surface area contributed by atoms with E-state index >= 15 is 0 Å². The van der Waals surface area contributed by atoms with Crippen LogP contribution in [0, 0.1) is 0 Å². The van der Waals surface area contributed by atoms with Crippen LogP contribution in [-0.4, -0.2) is 4.57 Å². The first-order chi connectivity index (χ1) is 15.8. The Balaban J connectivity index is 2.35. The minimum atomic E-state index is 1.22. The van der Waals surface area contributed by atoms with Crippen molar-refractivity contribution in [2.75, 3.05) is 0 Å². The van der Waals surface area contributed by atoms with E-state index in [1.807, 2.05) is 0 Å². The molecule has 0 spiro atoms. The zero-order chi connectivity index (χ0) is 23.1. The van der Waals surface area contributed by atoms with Crippen LogP contribution in [0.1, 0.15) is 161 Å². The molecule has 1 aromatic rings. The highest BCUT2D eigenvalue weighted by Crippen LogP contribution is 2.13. The van der Waals surface area contributed by atoms with Crippen molar-refractivity contribution in [1.82, 2.24) is 4.57 Å². The van der Waals surface area contributed by atoms with Gasteiger partial charge in [0.15, 0.2) is 0 Å². The Hall–Kier alpha value is -0.790. The Bertz CT molecular complexity index is 505. The number of rotatable bonds is 24. The van der Waals surface area contributed by atoms with Crippen LogP contribution in [0.2, 0.25) is 0 Å². The SMILES string of the molecule is CCCCCCCCCCCCc1n(CCCCCCC)cc[n+]1CCCCCCCC. The van der Waals surface area contributed by atoms with Crippen molar-refractivity contribution in [3.8, 4) is 0 Å². The second-order valence-electron chi connectivity index (χ2n) is 10.2. The lowest BCUT2D eigenvalue weighted by molar-refractivity contribution is -0.704. The van der Waals surface area contributed by atoms with Gasteiger partial charge in [-0.1, -0.05) is 124 Å². The second kappa shape index (κ2) is 22.0. The lowest BCUT2D eigenvalue weighted by atomic mass is 10.1. The molecule has 188 valence electrons. The highest BCUT2D eigenvalue weighted by molar-refractivity contribution is 4.84. The van der Waals surface area contributed by atoms with Crippen molar-refractivity contribution in [1.29, 1.82) is 0 Å². The van der Waals surface area contributed by atoms with Crippen molar-refractivity contribution in [3.05, 3.63) is 18.2 Å². The number of imidazole rings is 1. The van der Waals surface area contributed by atoms with Gasteiger partial charge in [0.05, 0.1) is 13.1 Å². The van der Waals surface area contributed by atoms with Crippen molar-refractivity contribution in [2.45, 2.75) is 175 Å². The lowest BCUT2D eigenvalue weighted by Crippen LogP contribution is -2.37. The molecule has 0 atom stereocenters. The molecule has 32 heavy (non-hydrogen) atoms. The van der Waals surface area contributed by atoms with Crippen LogP contribution in [0.25, 0.3) is 0 Å². The van der Waals surface area contributed by atoms with Crippen LogP contribution in [0.15, 0.2) is 12.4 Å². The van der Waals surface area contributed by atoms with Gasteiger partial charge in [-0.3, -0.25) is 0 Å². The minimum Gasteiger partial charge on any atom is -0.234 e. The van der Waals surface area contributed by atoms with Crippen molar-refractivity contribution in [2.24, 2.45) is 0 Å². The van der Waals surface area contributed by atoms with Gasteiger partial charge in [0, 0.05) is 6.42 Å². The molecule has 0 bridgehead atoms. The van der Waals surface area contributed by atoms with E-state index in [-0.39, 0.29) is 0 Å². The Labute approximate surface area is 202 Å². The summed E-state index contributed by atoms with van der Waals surface area (Å²) in [6.45, 7) is 9.37. The topological polar surface area (TPSA) is 8.81 Å². The quantitative estimate of drug-likeness (QED) is 0.110. The predicted molar refractivity (Wildman–Crippen MR) is 142 cm³/mol. The van der Waals surface area contributed by atoms with Crippen LogP contribution < -0.4 is 4.57 Å². The van der Waals surface area contributed by atoms with Gasteiger partial charge >= 0.3 is 0 Å². The van der Waals surface area contributed by atoms with Crippen LogP contribution >= 0.6 is 0 Å². The molecule has 0 saturated heterocycles. The van der Waals surface area contributed by atoms with E-state index < -0.39 is 0 Å². The molecule has 0 amide bonds. The standard InChI is InChI=1S/C30H59N2/c1-4-7-10-13-15-16-17-18-19-22-25-30-31(26-23-20-12-9-6-3)28-29-32(30)27-24-21-14-11-8-5-2/h28-29H,4-27H2,1-3H3/q+1. The molecule has 1 rings (SSSR count). The molecule has 2 heteroatoms. The summed E-state index contributed by atoms with van der Waals surface area (Å²) < 4.78 is 5.19. The number of hydrogen-bond acceptors (Lipinski definition) is 0. The Morgan fingerprint density at radius 1 is 0.531 bits per heavy atom. The largest absolute Gasteiger partial charge is 0.256 e. The first-order valence-electron chi connectivity index (χ1n) is 14.9. The molecule has 0 unspecified atom stereocenters. The Morgan fingerprint density at radius 3 is 1.50 bits per heavy atom. The van der Waals surface area contributed by atoms with Crippen molar-refractivity contribution in [3.63, 3.8) is 0 Å². The maximum Gasteiger partial charge on any atom is 0.256 e. The van der Waals surface area contributed by atoms with E-state index in [1.54, 1.807) is 5.82 Å². The first-order valence-corrected chi connectivity index (χ1v) is 14.9. The van der Waals surface area contributed by atoms with Crippen LogP contribution in [0.4, 0.5) is 0 Å². The summed E-state index contributed by atoms with van der Waals surface area (Å²) in [5.74, 6) is 1.61. The van der Waals surface area contributed by atoms with Gasteiger partial charge in [-0.2, -0.15) is 0 Å². The number of nitrogens with zero attached hydrogens (tertiary/aromatic N) is 2. The molecular formula is C30H59N2+. The highest BCUT2D eigenvalue weighted by Gasteiger charge is 2.16. The molecule has 0 fully saturated rings. The fraction of sp³-hybridized carbons (Fsp3) is 0.900. The van der Waals surface area contributed by atoms with E-state index in [0.717, 1.165) is 0 Å². The van der Waals surface area contributed by atoms with E-state index in [1.165, 1.54) is 154 Å². The molecule has 0 aliphatic rings. The Morgan fingerprint density at radius 2 is 0.969 bits per heavy atom. The summed E-state index contributed by atoms with van der Waals surface area (Å²) in [4.78, 5) is 0. The molecule has 0 N–H and O–H groups in total. The van der Waals surface area contributed by atoms with Crippen molar-refractivity contribution >= 4 is 0 Å². The number of aromatic nitrogens is 2. The molecule has 0 radical (unpaired) electrons. The Kier molecular flexibility index (Phi) is 20.1.